The molecule has 1 aromatic rings. The normalized spacial score (nSPS) is 29.7. The Morgan fingerprint density at radius 3 is 2.38 bits per heavy atom. The number of benzene rings is 1. The summed E-state index contributed by atoms with van der Waals surface area (Å²) >= 11 is 0. The standard InChI is InChI=1S/C31H44N4O4/c1-4-17-34(18-5-2)19-20-35-27(29(37)33-22-9-7-6-8-10-22)31-16-15-24(39-31)25(26(31)30(35)38)28(36)32-23-13-11-21(3)12-14-23/h11-16,22,24-27H,4-10,17-20H2,1-3H3,(H,32,36)(H,33,37)/t24-,25-,26-,27+,31-/m0/s1. The summed E-state index contributed by atoms with van der Waals surface area (Å²) in [7, 11) is 0. The molecule has 3 heterocycles. The van der Waals surface area contributed by atoms with Crippen LogP contribution in [0.4, 0.5) is 5.69 Å². The van der Waals surface area contributed by atoms with E-state index in [4.69, 9.17) is 4.74 Å². The summed E-state index contributed by atoms with van der Waals surface area (Å²) < 4.78 is 6.49. The van der Waals surface area contributed by atoms with E-state index in [-0.39, 0.29) is 23.8 Å². The summed E-state index contributed by atoms with van der Waals surface area (Å²) in [6.45, 7) is 9.33. The Balaban J connectivity index is 1.41. The van der Waals surface area contributed by atoms with E-state index in [1.165, 1.54) is 6.42 Å². The summed E-state index contributed by atoms with van der Waals surface area (Å²) in [4.78, 5) is 45.8. The third kappa shape index (κ3) is 5.38. The van der Waals surface area contributed by atoms with Crippen molar-refractivity contribution in [3.63, 3.8) is 0 Å². The fraction of sp³-hybridized carbons (Fsp3) is 0.645. The van der Waals surface area contributed by atoms with Crippen molar-refractivity contribution in [2.45, 2.75) is 89.5 Å². The van der Waals surface area contributed by atoms with Gasteiger partial charge in [-0.05, 0) is 57.8 Å². The first-order valence-electron chi connectivity index (χ1n) is 15.0. The number of rotatable bonds is 11. The predicted molar refractivity (Wildman–Crippen MR) is 151 cm³/mol. The summed E-state index contributed by atoms with van der Waals surface area (Å²) in [5.41, 5.74) is 0.678. The van der Waals surface area contributed by atoms with E-state index in [2.05, 4.69) is 29.4 Å². The minimum Gasteiger partial charge on any atom is -0.359 e. The summed E-state index contributed by atoms with van der Waals surface area (Å²) in [5, 5.41) is 6.27. The van der Waals surface area contributed by atoms with Crippen LogP contribution in [0.2, 0.25) is 0 Å². The van der Waals surface area contributed by atoms with Crippen molar-refractivity contribution >= 4 is 23.4 Å². The molecule has 1 aromatic carbocycles. The Morgan fingerprint density at radius 1 is 1.03 bits per heavy atom. The molecule has 5 rings (SSSR count). The number of carbonyl (C=O) groups excluding carboxylic acids is 3. The van der Waals surface area contributed by atoms with Crippen LogP contribution in [0, 0.1) is 18.8 Å². The number of nitrogens with one attached hydrogen (secondary N) is 2. The molecule has 3 aliphatic heterocycles. The van der Waals surface area contributed by atoms with Crippen LogP contribution in [0.25, 0.3) is 0 Å². The van der Waals surface area contributed by atoms with Crippen molar-refractivity contribution in [2.24, 2.45) is 11.8 Å². The van der Waals surface area contributed by atoms with Crippen molar-refractivity contribution in [1.82, 2.24) is 15.1 Å². The molecule has 2 bridgehead atoms. The van der Waals surface area contributed by atoms with Gasteiger partial charge in [-0.2, -0.15) is 0 Å². The van der Waals surface area contributed by atoms with E-state index in [9.17, 15) is 14.4 Å². The smallest absolute Gasteiger partial charge is 0.246 e. The third-order valence-corrected chi connectivity index (χ3v) is 8.93. The number of hydrogen-bond donors (Lipinski definition) is 2. The average Bonchev–Trinajstić information content (AvgIpc) is 3.56. The van der Waals surface area contributed by atoms with Crippen molar-refractivity contribution in [2.75, 3.05) is 31.5 Å². The van der Waals surface area contributed by atoms with E-state index < -0.39 is 29.6 Å². The largest absolute Gasteiger partial charge is 0.359 e. The Morgan fingerprint density at radius 2 is 1.72 bits per heavy atom. The molecule has 8 nitrogen and oxygen atoms in total. The molecule has 5 atom stereocenters. The molecule has 212 valence electrons. The molecule has 3 fully saturated rings. The van der Waals surface area contributed by atoms with Gasteiger partial charge in [0.1, 0.15) is 11.6 Å². The summed E-state index contributed by atoms with van der Waals surface area (Å²) in [6.07, 6.45) is 10.7. The van der Waals surface area contributed by atoms with Gasteiger partial charge in [0, 0.05) is 24.8 Å². The van der Waals surface area contributed by atoms with Gasteiger partial charge < -0.3 is 25.2 Å². The molecule has 1 spiro atoms. The minimum atomic E-state index is -1.11. The van der Waals surface area contributed by atoms with Gasteiger partial charge in [0.2, 0.25) is 17.7 Å². The number of carbonyl (C=O) groups is 3. The molecule has 3 amide bonds. The van der Waals surface area contributed by atoms with Gasteiger partial charge in [-0.1, -0.05) is 63.0 Å². The number of aryl methyl sites for hydroxylation is 1. The third-order valence-electron chi connectivity index (χ3n) is 8.93. The SMILES string of the molecule is CCCN(CCC)CCN1C(=O)[C@@H]2[C@@H](C(=O)Nc3ccc(C)cc3)[C@@H]3C=C[C@@]2(O3)[C@H]1C(=O)NC1CCCCC1. The van der Waals surface area contributed by atoms with E-state index in [1.807, 2.05) is 43.3 Å². The highest BCUT2D eigenvalue weighted by Gasteiger charge is 2.72. The van der Waals surface area contributed by atoms with Crippen molar-refractivity contribution in [3.8, 4) is 0 Å². The second kappa shape index (κ2) is 11.8. The van der Waals surface area contributed by atoms with Crippen LogP contribution in [0.5, 0.6) is 0 Å². The number of ether oxygens (including phenoxy) is 1. The predicted octanol–water partition coefficient (Wildman–Crippen LogP) is 3.66. The van der Waals surface area contributed by atoms with Gasteiger partial charge in [-0.15, -0.1) is 0 Å². The lowest BCUT2D eigenvalue weighted by molar-refractivity contribution is -0.141. The maximum atomic E-state index is 14.2. The zero-order valence-corrected chi connectivity index (χ0v) is 23.7. The first-order chi connectivity index (χ1) is 18.9. The van der Waals surface area contributed by atoms with Gasteiger partial charge in [-0.3, -0.25) is 14.4 Å². The maximum absolute atomic E-state index is 14.2. The zero-order chi connectivity index (χ0) is 27.6. The number of hydrogen-bond acceptors (Lipinski definition) is 5. The van der Waals surface area contributed by atoms with Crippen LogP contribution >= 0.6 is 0 Å². The molecular formula is C31H44N4O4. The molecule has 2 N–H and O–H groups in total. The lowest BCUT2D eigenvalue weighted by Gasteiger charge is -2.35. The molecule has 1 saturated carbocycles. The minimum absolute atomic E-state index is 0.124. The van der Waals surface area contributed by atoms with Gasteiger partial charge in [0.15, 0.2) is 0 Å². The highest BCUT2D eigenvalue weighted by atomic mass is 16.5. The van der Waals surface area contributed by atoms with Crippen molar-refractivity contribution < 1.29 is 19.1 Å². The number of nitrogens with zero attached hydrogens (tertiary/aromatic N) is 2. The molecule has 0 aromatic heterocycles. The van der Waals surface area contributed by atoms with Crippen molar-refractivity contribution in [3.05, 3.63) is 42.0 Å². The molecule has 2 saturated heterocycles. The lowest BCUT2D eigenvalue weighted by Crippen LogP contribution is -2.57. The molecule has 0 radical (unpaired) electrons. The van der Waals surface area contributed by atoms with Crippen LogP contribution in [-0.2, 0) is 19.1 Å². The van der Waals surface area contributed by atoms with Crippen molar-refractivity contribution in [1.29, 1.82) is 0 Å². The van der Waals surface area contributed by atoms with Crippen LogP contribution in [-0.4, -0.2) is 77.5 Å². The van der Waals surface area contributed by atoms with E-state index >= 15 is 0 Å². The molecule has 1 aliphatic carbocycles. The van der Waals surface area contributed by atoms with E-state index in [0.717, 1.165) is 57.2 Å². The lowest BCUT2D eigenvalue weighted by atomic mass is 9.74. The average molecular weight is 537 g/mol. The number of amides is 3. The van der Waals surface area contributed by atoms with Gasteiger partial charge in [-0.25, -0.2) is 0 Å². The Labute approximate surface area is 232 Å². The Hall–Kier alpha value is -2.71. The van der Waals surface area contributed by atoms with E-state index in [0.29, 0.717) is 18.8 Å². The highest BCUT2D eigenvalue weighted by molar-refractivity contribution is 6.02. The Bertz CT molecular complexity index is 1080. The number of fused-ring (bicyclic) bond motifs is 1. The van der Waals surface area contributed by atoms with Crippen LogP contribution in [0.15, 0.2) is 36.4 Å². The Kier molecular flexibility index (Phi) is 8.43. The first-order valence-corrected chi connectivity index (χ1v) is 15.0. The van der Waals surface area contributed by atoms with Gasteiger partial charge >= 0.3 is 0 Å². The topological polar surface area (TPSA) is 91.0 Å². The summed E-state index contributed by atoms with van der Waals surface area (Å²) in [5.74, 6) is -1.94. The zero-order valence-electron chi connectivity index (χ0n) is 23.7. The molecule has 39 heavy (non-hydrogen) atoms. The first kappa shape index (κ1) is 27.8. The number of likely N-dealkylation sites (tertiary alicyclic amines) is 1. The monoisotopic (exact) mass is 536 g/mol. The molecule has 0 unspecified atom stereocenters. The fourth-order valence-electron chi connectivity index (χ4n) is 7.11. The second-order valence-corrected chi connectivity index (χ2v) is 11.8. The quantitative estimate of drug-likeness (QED) is 0.422. The van der Waals surface area contributed by atoms with Crippen LogP contribution in [0.3, 0.4) is 0 Å². The molecular weight excluding hydrogens is 492 g/mol. The second-order valence-electron chi connectivity index (χ2n) is 11.8. The van der Waals surface area contributed by atoms with Gasteiger partial charge in [0.25, 0.3) is 0 Å². The highest BCUT2D eigenvalue weighted by Crippen LogP contribution is 2.55. The van der Waals surface area contributed by atoms with Crippen LogP contribution in [0.1, 0.15) is 64.4 Å². The maximum Gasteiger partial charge on any atom is 0.246 e. The fourth-order valence-corrected chi connectivity index (χ4v) is 7.11. The number of anilines is 1. The summed E-state index contributed by atoms with van der Waals surface area (Å²) in [6, 6.07) is 6.97. The van der Waals surface area contributed by atoms with Gasteiger partial charge in [0.05, 0.1) is 17.9 Å². The molecule has 4 aliphatic rings. The van der Waals surface area contributed by atoms with Crippen LogP contribution < -0.4 is 10.6 Å². The van der Waals surface area contributed by atoms with E-state index in [1.54, 1.807) is 4.90 Å². The molecule has 8 heteroatoms.